The highest BCUT2D eigenvalue weighted by Crippen LogP contribution is 2.21. The van der Waals surface area contributed by atoms with Gasteiger partial charge in [-0.3, -0.25) is 4.79 Å². The monoisotopic (exact) mass is 243 g/mol. The first kappa shape index (κ1) is 14.4. The number of rotatable bonds is 4. The number of aliphatic hydroxyl groups excluding tert-OH is 1. The van der Waals surface area contributed by atoms with E-state index in [0.29, 0.717) is 6.54 Å². The van der Waals surface area contributed by atoms with Crippen LogP contribution in [0.5, 0.6) is 0 Å². The molecule has 100 valence electrons. The van der Waals surface area contributed by atoms with Crippen LogP contribution in [0.3, 0.4) is 0 Å². The molecule has 1 aliphatic heterocycles. The predicted octanol–water partition coefficient (Wildman–Crippen LogP) is -0.491. The Morgan fingerprint density at radius 2 is 2.18 bits per heavy atom. The maximum atomic E-state index is 12.3. The molecule has 1 unspecified atom stereocenters. The second-order valence-corrected chi connectivity index (χ2v) is 5.54. The molecule has 0 aromatic heterocycles. The lowest BCUT2D eigenvalue weighted by molar-refractivity contribution is -0.138. The average molecular weight is 243 g/mol. The van der Waals surface area contributed by atoms with E-state index in [1.807, 2.05) is 19.0 Å². The van der Waals surface area contributed by atoms with Gasteiger partial charge in [-0.25, -0.2) is 0 Å². The molecule has 1 heterocycles. The summed E-state index contributed by atoms with van der Waals surface area (Å²) in [6.45, 7) is 6.35. The summed E-state index contributed by atoms with van der Waals surface area (Å²) < 4.78 is 0. The smallest absolute Gasteiger partial charge is 0.242 e. The molecule has 17 heavy (non-hydrogen) atoms. The van der Waals surface area contributed by atoms with Gasteiger partial charge in [-0.1, -0.05) is 0 Å². The lowest BCUT2D eigenvalue weighted by atomic mass is 9.98. The molecule has 1 atom stereocenters. The van der Waals surface area contributed by atoms with Crippen LogP contribution in [0.2, 0.25) is 0 Å². The Hall–Kier alpha value is -0.650. The minimum Gasteiger partial charge on any atom is -0.394 e. The average Bonchev–Trinajstić information content (AvgIpc) is 2.32. The molecule has 0 aromatic rings. The van der Waals surface area contributed by atoms with Crippen molar-refractivity contribution in [1.82, 2.24) is 15.1 Å². The number of hydrogen-bond acceptors (Lipinski definition) is 4. The number of carbonyl (C=O) groups excluding carboxylic acids is 1. The number of aliphatic hydroxyl groups is 1. The first-order chi connectivity index (χ1) is 7.88. The summed E-state index contributed by atoms with van der Waals surface area (Å²) in [6, 6.07) is -0.445. The molecule has 1 rings (SSSR count). The first-order valence-electron chi connectivity index (χ1n) is 6.19. The van der Waals surface area contributed by atoms with E-state index in [9.17, 15) is 9.90 Å². The molecule has 0 aromatic carbocycles. The van der Waals surface area contributed by atoms with Crippen molar-refractivity contribution in [3.8, 4) is 0 Å². The van der Waals surface area contributed by atoms with Gasteiger partial charge in [0.15, 0.2) is 0 Å². The van der Waals surface area contributed by atoms with Crippen LogP contribution in [0.1, 0.15) is 20.3 Å². The van der Waals surface area contributed by atoms with Crippen molar-refractivity contribution in [3.05, 3.63) is 0 Å². The second-order valence-electron chi connectivity index (χ2n) is 5.54. The van der Waals surface area contributed by atoms with Crippen molar-refractivity contribution in [2.75, 3.05) is 40.3 Å². The second kappa shape index (κ2) is 5.80. The summed E-state index contributed by atoms with van der Waals surface area (Å²) in [5.74, 6) is 0.0110. The van der Waals surface area contributed by atoms with Crippen LogP contribution >= 0.6 is 0 Å². The minimum atomic E-state index is -0.445. The van der Waals surface area contributed by atoms with Crippen molar-refractivity contribution in [2.45, 2.75) is 31.8 Å². The third-order valence-electron chi connectivity index (χ3n) is 3.38. The van der Waals surface area contributed by atoms with E-state index in [-0.39, 0.29) is 18.1 Å². The fraction of sp³-hybridized carbons (Fsp3) is 0.917. The Bertz CT molecular complexity index is 266. The third-order valence-corrected chi connectivity index (χ3v) is 3.38. The summed E-state index contributed by atoms with van der Waals surface area (Å²) in [5, 5.41) is 12.3. The number of amides is 1. The van der Waals surface area contributed by atoms with E-state index >= 15 is 0 Å². The number of hydrogen-bond donors (Lipinski definition) is 2. The van der Waals surface area contributed by atoms with E-state index in [1.165, 1.54) is 0 Å². The standard InChI is InChI=1S/C12H25N3O2/c1-12(2)5-6-13-10(9-16)11(17)15(12)8-7-14(3)4/h10,13,16H,5-9H2,1-4H3. The maximum Gasteiger partial charge on any atom is 0.242 e. The highest BCUT2D eigenvalue weighted by atomic mass is 16.3. The van der Waals surface area contributed by atoms with E-state index in [1.54, 1.807) is 0 Å². The number of nitrogens with one attached hydrogen (secondary N) is 1. The Balaban J connectivity index is 2.79. The molecular formula is C12H25N3O2. The van der Waals surface area contributed by atoms with Crippen LogP contribution in [-0.4, -0.2) is 72.7 Å². The molecule has 5 heteroatoms. The molecular weight excluding hydrogens is 218 g/mol. The summed E-state index contributed by atoms with van der Waals surface area (Å²) in [7, 11) is 3.99. The normalized spacial score (nSPS) is 25.2. The topological polar surface area (TPSA) is 55.8 Å². The molecule has 1 fully saturated rings. The molecule has 1 amide bonds. The molecule has 1 aliphatic rings. The number of carbonyl (C=O) groups is 1. The fourth-order valence-corrected chi connectivity index (χ4v) is 2.12. The number of nitrogens with zero attached hydrogens (tertiary/aromatic N) is 2. The van der Waals surface area contributed by atoms with E-state index in [0.717, 1.165) is 19.5 Å². The third kappa shape index (κ3) is 3.66. The van der Waals surface area contributed by atoms with Gasteiger partial charge >= 0.3 is 0 Å². The molecule has 1 saturated heterocycles. The van der Waals surface area contributed by atoms with Gasteiger partial charge in [-0.05, 0) is 40.9 Å². The highest BCUT2D eigenvalue weighted by molar-refractivity contribution is 5.83. The van der Waals surface area contributed by atoms with Gasteiger partial charge in [0.2, 0.25) is 5.91 Å². The van der Waals surface area contributed by atoms with Gasteiger partial charge in [-0.15, -0.1) is 0 Å². The van der Waals surface area contributed by atoms with Gasteiger partial charge in [0, 0.05) is 18.6 Å². The fourth-order valence-electron chi connectivity index (χ4n) is 2.12. The molecule has 0 bridgehead atoms. The van der Waals surface area contributed by atoms with Crippen LogP contribution in [0, 0.1) is 0 Å². The van der Waals surface area contributed by atoms with Crippen LogP contribution in [0.25, 0.3) is 0 Å². The summed E-state index contributed by atoms with van der Waals surface area (Å²) >= 11 is 0. The molecule has 0 spiro atoms. The molecule has 0 radical (unpaired) electrons. The first-order valence-corrected chi connectivity index (χ1v) is 6.19. The van der Waals surface area contributed by atoms with Crippen LogP contribution in [-0.2, 0) is 4.79 Å². The summed E-state index contributed by atoms with van der Waals surface area (Å²) in [5.41, 5.74) is -0.149. The SMILES string of the molecule is CN(C)CCN1C(=O)C(CO)NCCC1(C)C. The quantitative estimate of drug-likeness (QED) is 0.699. The van der Waals surface area contributed by atoms with E-state index in [2.05, 4.69) is 24.1 Å². The molecule has 5 nitrogen and oxygen atoms in total. The van der Waals surface area contributed by atoms with Crippen molar-refractivity contribution in [3.63, 3.8) is 0 Å². The lowest BCUT2D eigenvalue weighted by Crippen LogP contribution is -2.53. The van der Waals surface area contributed by atoms with E-state index in [4.69, 9.17) is 0 Å². The minimum absolute atomic E-state index is 0.0110. The predicted molar refractivity (Wildman–Crippen MR) is 67.8 cm³/mol. The molecule has 0 saturated carbocycles. The van der Waals surface area contributed by atoms with Crippen molar-refractivity contribution in [1.29, 1.82) is 0 Å². The van der Waals surface area contributed by atoms with Gasteiger partial charge in [0.1, 0.15) is 6.04 Å². The number of likely N-dealkylation sites (N-methyl/N-ethyl adjacent to an activating group) is 1. The maximum absolute atomic E-state index is 12.3. The highest BCUT2D eigenvalue weighted by Gasteiger charge is 2.36. The van der Waals surface area contributed by atoms with Gasteiger partial charge < -0.3 is 20.2 Å². The van der Waals surface area contributed by atoms with Crippen molar-refractivity contribution >= 4 is 5.91 Å². The Morgan fingerprint density at radius 1 is 1.53 bits per heavy atom. The zero-order valence-corrected chi connectivity index (χ0v) is 11.4. The Kier molecular flexibility index (Phi) is 4.91. The molecule has 2 N–H and O–H groups in total. The van der Waals surface area contributed by atoms with Gasteiger partial charge in [-0.2, -0.15) is 0 Å². The van der Waals surface area contributed by atoms with Gasteiger partial charge in [0.25, 0.3) is 0 Å². The van der Waals surface area contributed by atoms with Crippen molar-refractivity contribution < 1.29 is 9.90 Å². The van der Waals surface area contributed by atoms with E-state index < -0.39 is 6.04 Å². The van der Waals surface area contributed by atoms with Crippen LogP contribution in [0.15, 0.2) is 0 Å². The zero-order valence-electron chi connectivity index (χ0n) is 11.4. The van der Waals surface area contributed by atoms with Crippen molar-refractivity contribution in [2.24, 2.45) is 0 Å². The summed E-state index contributed by atoms with van der Waals surface area (Å²) in [6.07, 6.45) is 0.905. The summed E-state index contributed by atoms with van der Waals surface area (Å²) in [4.78, 5) is 16.3. The largest absolute Gasteiger partial charge is 0.394 e. The Labute approximate surface area is 104 Å². The molecule has 0 aliphatic carbocycles. The lowest BCUT2D eigenvalue weighted by Gasteiger charge is -2.38. The Morgan fingerprint density at radius 3 is 2.71 bits per heavy atom. The van der Waals surface area contributed by atoms with Crippen LogP contribution < -0.4 is 5.32 Å². The zero-order chi connectivity index (χ0) is 13.1. The van der Waals surface area contributed by atoms with Gasteiger partial charge in [0.05, 0.1) is 6.61 Å². The van der Waals surface area contributed by atoms with Crippen LogP contribution in [0.4, 0.5) is 0 Å².